The van der Waals surface area contributed by atoms with Crippen LogP contribution in [0.15, 0.2) is 72.8 Å². The highest BCUT2D eigenvalue weighted by Crippen LogP contribution is 2.54. The minimum absolute atomic E-state index is 0.306. The molecule has 4 aliphatic rings. The highest BCUT2D eigenvalue weighted by Gasteiger charge is 2.70. The molecule has 1 spiro atoms. The number of nitrogens with one attached hydrogen (secondary N) is 2. The van der Waals surface area contributed by atoms with Gasteiger partial charge in [-0.1, -0.05) is 48.5 Å². The van der Waals surface area contributed by atoms with Gasteiger partial charge < -0.3 is 14.8 Å². The van der Waals surface area contributed by atoms with Gasteiger partial charge >= 0.3 is 0 Å². The molecule has 0 unspecified atom stereocenters. The van der Waals surface area contributed by atoms with Gasteiger partial charge in [-0.3, -0.25) is 19.7 Å². The molecular formula is C28H23N3O5. The van der Waals surface area contributed by atoms with Crippen LogP contribution in [0.1, 0.15) is 11.1 Å². The van der Waals surface area contributed by atoms with Crippen LogP contribution in [0.2, 0.25) is 0 Å². The van der Waals surface area contributed by atoms with Crippen molar-refractivity contribution >= 4 is 29.1 Å². The second-order valence-electron chi connectivity index (χ2n) is 9.59. The number of benzene rings is 3. The van der Waals surface area contributed by atoms with Crippen molar-refractivity contribution in [1.82, 2.24) is 5.32 Å². The van der Waals surface area contributed by atoms with Crippen molar-refractivity contribution in [2.45, 2.75) is 18.0 Å². The lowest BCUT2D eigenvalue weighted by molar-refractivity contribution is -0.130. The molecule has 4 atom stereocenters. The first-order valence-electron chi connectivity index (χ1n) is 12.1. The SMILES string of the molecule is O=C1[C@@H]2[C@@H](C(=O)N1c1ccc3c(c1)OCCO3)[C@]1(N[C@@H]2Cc2ccccc2)C(=O)Nc2ccccc21. The Morgan fingerprint density at radius 3 is 2.44 bits per heavy atom. The molecule has 2 fully saturated rings. The quantitative estimate of drug-likeness (QED) is 0.559. The van der Waals surface area contributed by atoms with E-state index in [1.54, 1.807) is 18.2 Å². The summed E-state index contributed by atoms with van der Waals surface area (Å²) in [6, 6.07) is 21.8. The topological polar surface area (TPSA) is 97.0 Å². The molecule has 2 N–H and O–H groups in total. The third kappa shape index (κ3) is 2.82. The number of amides is 3. The maximum absolute atomic E-state index is 14.1. The van der Waals surface area contributed by atoms with Crippen molar-refractivity contribution in [3.8, 4) is 11.5 Å². The number of nitrogens with zero attached hydrogens (tertiary/aromatic N) is 1. The summed E-state index contributed by atoms with van der Waals surface area (Å²) in [6.07, 6.45) is 0.507. The fourth-order valence-electron chi connectivity index (χ4n) is 6.23. The zero-order valence-electron chi connectivity index (χ0n) is 19.3. The van der Waals surface area contributed by atoms with Gasteiger partial charge in [0.05, 0.1) is 17.5 Å². The van der Waals surface area contributed by atoms with Crippen LogP contribution in [0.5, 0.6) is 11.5 Å². The molecular weight excluding hydrogens is 458 g/mol. The van der Waals surface area contributed by atoms with Crippen molar-refractivity contribution < 1.29 is 23.9 Å². The Kier molecular flexibility index (Phi) is 4.50. The van der Waals surface area contributed by atoms with Gasteiger partial charge in [0.25, 0.3) is 0 Å². The molecule has 36 heavy (non-hydrogen) atoms. The lowest BCUT2D eigenvalue weighted by Crippen LogP contribution is -2.53. The second-order valence-corrected chi connectivity index (χ2v) is 9.59. The molecule has 0 radical (unpaired) electrons. The summed E-state index contributed by atoms with van der Waals surface area (Å²) in [7, 11) is 0. The van der Waals surface area contributed by atoms with Gasteiger partial charge in [-0.2, -0.15) is 0 Å². The van der Waals surface area contributed by atoms with E-state index in [0.717, 1.165) is 5.56 Å². The van der Waals surface area contributed by atoms with E-state index in [-0.39, 0.29) is 11.8 Å². The average Bonchev–Trinajstić information content (AvgIpc) is 3.48. The van der Waals surface area contributed by atoms with Crippen molar-refractivity contribution in [3.63, 3.8) is 0 Å². The van der Waals surface area contributed by atoms with Crippen LogP contribution in [0.4, 0.5) is 11.4 Å². The van der Waals surface area contributed by atoms with Gasteiger partial charge in [0.15, 0.2) is 11.5 Å². The number of para-hydroxylation sites is 1. The molecule has 3 aromatic rings. The Morgan fingerprint density at radius 1 is 0.861 bits per heavy atom. The Hall–Kier alpha value is -4.17. The summed E-state index contributed by atoms with van der Waals surface area (Å²) >= 11 is 0. The van der Waals surface area contributed by atoms with E-state index >= 15 is 0 Å². The molecule has 4 heterocycles. The van der Waals surface area contributed by atoms with E-state index in [0.29, 0.717) is 48.1 Å². The molecule has 2 saturated heterocycles. The van der Waals surface area contributed by atoms with E-state index in [4.69, 9.17) is 9.47 Å². The molecule has 180 valence electrons. The maximum atomic E-state index is 14.1. The fraction of sp³-hybridized carbons (Fsp3) is 0.250. The van der Waals surface area contributed by atoms with Crippen molar-refractivity contribution in [3.05, 3.63) is 83.9 Å². The molecule has 0 bridgehead atoms. The standard InChI is InChI=1S/C28H23N3O5/c32-25-23-20(14-16-6-2-1-3-7-16)30-28(18-8-4-5-9-19(18)29-27(28)34)24(23)26(33)31(25)17-10-11-21-22(15-17)36-13-12-35-21/h1-11,15,20,23-24,30H,12-14H2,(H,29,34)/t20-,23+,24+,28+/m1/s1. The molecule has 4 aliphatic heterocycles. The molecule has 8 heteroatoms. The third-order valence-corrected chi connectivity index (χ3v) is 7.70. The summed E-state index contributed by atoms with van der Waals surface area (Å²) in [5, 5.41) is 6.42. The fourth-order valence-corrected chi connectivity index (χ4v) is 6.23. The minimum Gasteiger partial charge on any atom is -0.486 e. The molecule has 3 amide bonds. The summed E-state index contributed by atoms with van der Waals surface area (Å²) in [6.45, 7) is 0.842. The Labute approximate surface area is 207 Å². The first-order chi connectivity index (χ1) is 17.6. The van der Waals surface area contributed by atoms with E-state index in [1.807, 2.05) is 54.6 Å². The van der Waals surface area contributed by atoms with Gasteiger partial charge in [0.2, 0.25) is 17.7 Å². The lowest BCUT2D eigenvalue weighted by atomic mass is 9.76. The van der Waals surface area contributed by atoms with Crippen LogP contribution in [-0.2, 0) is 26.3 Å². The number of hydrogen-bond acceptors (Lipinski definition) is 6. The number of carbonyl (C=O) groups excluding carboxylic acids is 3. The van der Waals surface area contributed by atoms with Crippen LogP contribution >= 0.6 is 0 Å². The van der Waals surface area contributed by atoms with E-state index in [1.165, 1.54) is 4.90 Å². The predicted molar refractivity (Wildman–Crippen MR) is 131 cm³/mol. The molecule has 8 nitrogen and oxygen atoms in total. The van der Waals surface area contributed by atoms with Crippen LogP contribution in [0.25, 0.3) is 0 Å². The van der Waals surface area contributed by atoms with Crippen LogP contribution in [0, 0.1) is 11.8 Å². The summed E-state index contributed by atoms with van der Waals surface area (Å²) in [5.41, 5.74) is 1.48. The summed E-state index contributed by atoms with van der Waals surface area (Å²) < 4.78 is 11.3. The Morgan fingerprint density at radius 2 is 1.61 bits per heavy atom. The van der Waals surface area contributed by atoms with E-state index in [9.17, 15) is 14.4 Å². The van der Waals surface area contributed by atoms with Gasteiger partial charge in [-0.25, -0.2) is 4.90 Å². The molecule has 0 saturated carbocycles. The Bertz CT molecular complexity index is 1420. The summed E-state index contributed by atoms with van der Waals surface area (Å²) in [4.78, 5) is 42.9. The number of rotatable bonds is 3. The first kappa shape index (κ1) is 21.1. The number of hydrogen-bond donors (Lipinski definition) is 2. The zero-order chi connectivity index (χ0) is 24.4. The third-order valence-electron chi connectivity index (χ3n) is 7.70. The molecule has 0 aromatic heterocycles. The number of anilines is 2. The van der Waals surface area contributed by atoms with E-state index in [2.05, 4.69) is 10.6 Å². The second kappa shape index (κ2) is 7.66. The minimum atomic E-state index is -1.32. The number of ether oxygens (including phenoxy) is 2. The zero-order valence-corrected chi connectivity index (χ0v) is 19.3. The normalized spacial score (nSPS) is 27.8. The van der Waals surface area contributed by atoms with Gasteiger partial charge in [0, 0.05) is 23.4 Å². The summed E-state index contributed by atoms with van der Waals surface area (Å²) in [5.74, 6) is -1.53. The van der Waals surface area contributed by atoms with E-state index < -0.39 is 29.3 Å². The Balaban J connectivity index is 1.35. The first-order valence-corrected chi connectivity index (χ1v) is 12.1. The highest BCUT2D eigenvalue weighted by atomic mass is 16.6. The van der Waals surface area contributed by atoms with Crippen molar-refractivity contribution in [2.24, 2.45) is 11.8 Å². The number of imide groups is 1. The van der Waals surface area contributed by atoms with Crippen LogP contribution in [0.3, 0.4) is 0 Å². The molecule has 3 aromatic carbocycles. The van der Waals surface area contributed by atoms with Crippen LogP contribution < -0.4 is 25.0 Å². The van der Waals surface area contributed by atoms with Gasteiger partial charge in [0.1, 0.15) is 18.8 Å². The average molecular weight is 482 g/mol. The number of carbonyl (C=O) groups is 3. The molecule has 7 rings (SSSR count). The largest absolute Gasteiger partial charge is 0.486 e. The lowest BCUT2D eigenvalue weighted by Gasteiger charge is -2.30. The predicted octanol–water partition coefficient (Wildman–Crippen LogP) is 2.63. The smallest absolute Gasteiger partial charge is 0.250 e. The van der Waals surface area contributed by atoms with Gasteiger partial charge in [-0.15, -0.1) is 0 Å². The van der Waals surface area contributed by atoms with Crippen molar-refractivity contribution in [1.29, 1.82) is 0 Å². The van der Waals surface area contributed by atoms with Gasteiger partial charge in [-0.05, 0) is 30.2 Å². The maximum Gasteiger partial charge on any atom is 0.250 e. The number of fused-ring (bicyclic) bond motifs is 5. The highest BCUT2D eigenvalue weighted by molar-refractivity contribution is 6.25. The molecule has 0 aliphatic carbocycles. The van der Waals surface area contributed by atoms with Crippen LogP contribution in [-0.4, -0.2) is 37.0 Å². The monoisotopic (exact) mass is 481 g/mol. The van der Waals surface area contributed by atoms with Crippen molar-refractivity contribution in [2.75, 3.05) is 23.4 Å².